The van der Waals surface area contributed by atoms with Gasteiger partial charge in [0.1, 0.15) is 0 Å². The van der Waals surface area contributed by atoms with Gasteiger partial charge in [-0.2, -0.15) is 10.5 Å². The number of amides is 1. The molecule has 0 bridgehead atoms. The van der Waals surface area contributed by atoms with Crippen LogP contribution in [0.4, 0.5) is 0 Å². The maximum absolute atomic E-state index is 12.0. The van der Waals surface area contributed by atoms with Crippen molar-refractivity contribution in [2.24, 2.45) is 5.73 Å². The Hall–Kier alpha value is -1.59. The molecular weight excluding hydrogens is 204 g/mol. The maximum atomic E-state index is 12.0. The molecule has 88 valence electrons. The van der Waals surface area contributed by atoms with E-state index >= 15 is 0 Å². The molecular formula is C11H18N4O. The quantitative estimate of drug-likeness (QED) is 0.718. The summed E-state index contributed by atoms with van der Waals surface area (Å²) in [4.78, 5) is 13.5. The van der Waals surface area contributed by atoms with Crippen LogP contribution in [0.3, 0.4) is 0 Å². The first-order chi connectivity index (χ1) is 7.49. The van der Waals surface area contributed by atoms with Crippen LogP contribution in [-0.4, -0.2) is 29.4 Å². The molecule has 0 radical (unpaired) electrons. The summed E-state index contributed by atoms with van der Waals surface area (Å²) in [5, 5.41) is 17.0. The lowest BCUT2D eigenvalue weighted by Crippen LogP contribution is -2.53. The van der Waals surface area contributed by atoms with Crippen molar-refractivity contribution in [2.75, 3.05) is 13.1 Å². The molecule has 5 heteroatoms. The van der Waals surface area contributed by atoms with Gasteiger partial charge >= 0.3 is 0 Å². The van der Waals surface area contributed by atoms with E-state index in [0.29, 0.717) is 19.5 Å². The second-order valence-corrected chi connectivity index (χ2v) is 3.88. The van der Waals surface area contributed by atoms with Gasteiger partial charge in [0, 0.05) is 13.1 Å². The van der Waals surface area contributed by atoms with Crippen molar-refractivity contribution in [3.05, 3.63) is 0 Å². The van der Waals surface area contributed by atoms with Crippen molar-refractivity contribution >= 4 is 5.91 Å². The number of carbonyl (C=O) groups is 1. The van der Waals surface area contributed by atoms with Gasteiger partial charge in [0.05, 0.1) is 30.5 Å². The van der Waals surface area contributed by atoms with Crippen molar-refractivity contribution in [1.29, 1.82) is 10.5 Å². The first kappa shape index (κ1) is 14.4. The van der Waals surface area contributed by atoms with Crippen molar-refractivity contribution in [2.45, 2.75) is 38.6 Å². The van der Waals surface area contributed by atoms with Gasteiger partial charge in [-0.15, -0.1) is 0 Å². The van der Waals surface area contributed by atoms with E-state index in [1.54, 1.807) is 6.92 Å². The van der Waals surface area contributed by atoms with Crippen molar-refractivity contribution in [3.8, 4) is 12.1 Å². The van der Waals surface area contributed by atoms with E-state index in [-0.39, 0.29) is 18.7 Å². The molecule has 0 rings (SSSR count). The minimum Gasteiger partial charge on any atom is -0.339 e. The van der Waals surface area contributed by atoms with Crippen molar-refractivity contribution in [3.63, 3.8) is 0 Å². The number of carbonyl (C=O) groups excluding carboxylic acids is 1. The topological polar surface area (TPSA) is 93.9 Å². The molecule has 2 N–H and O–H groups in total. The van der Waals surface area contributed by atoms with Gasteiger partial charge < -0.3 is 10.6 Å². The van der Waals surface area contributed by atoms with E-state index in [1.807, 2.05) is 19.1 Å². The van der Waals surface area contributed by atoms with E-state index in [4.69, 9.17) is 16.3 Å². The summed E-state index contributed by atoms with van der Waals surface area (Å²) in [6.45, 7) is 4.18. The number of rotatable bonds is 6. The van der Waals surface area contributed by atoms with E-state index in [0.717, 1.165) is 0 Å². The normalized spacial score (nSPS) is 13.3. The number of nitrogens with zero attached hydrogens (tertiary/aromatic N) is 3. The fraction of sp³-hybridized carbons (Fsp3) is 0.727. The highest BCUT2D eigenvalue weighted by Gasteiger charge is 2.30. The lowest BCUT2D eigenvalue weighted by atomic mass is 9.98. The molecule has 0 aliphatic heterocycles. The van der Waals surface area contributed by atoms with Gasteiger partial charge in [-0.1, -0.05) is 6.92 Å². The molecule has 0 fully saturated rings. The Labute approximate surface area is 96.4 Å². The zero-order valence-corrected chi connectivity index (χ0v) is 9.86. The predicted octanol–water partition coefficient (Wildman–Crippen LogP) is 0.770. The van der Waals surface area contributed by atoms with Gasteiger partial charge in [-0.3, -0.25) is 4.79 Å². The fourth-order valence-electron chi connectivity index (χ4n) is 1.20. The number of nitrogens with two attached hydrogens (primary N) is 1. The third-order valence-electron chi connectivity index (χ3n) is 2.50. The van der Waals surface area contributed by atoms with E-state index < -0.39 is 5.54 Å². The highest BCUT2D eigenvalue weighted by atomic mass is 16.2. The number of hydrogen-bond acceptors (Lipinski definition) is 4. The summed E-state index contributed by atoms with van der Waals surface area (Å²) in [6, 6.07) is 3.96. The average Bonchev–Trinajstić information content (AvgIpc) is 2.28. The second kappa shape index (κ2) is 6.81. The molecule has 0 aromatic heterocycles. The van der Waals surface area contributed by atoms with Crippen LogP contribution >= 0.6 is 0 Å². The Balaban J connectivity index is 4.57. The Morgan fingerprint density at radius 1 is 1.31 bits per heavy atom. The highest BCUT2D eigenvalue weighted by molar-refractivity contribution is 5.85. The maximum Gasteiger partial charge on any atom is 0.242 e. The van der Waals surface area contributed by atoms with Crippen LogP contribution < -0.4 is 5.73 Å². The van der Waals surface area contributed by atoms with E-state index in [2.05, 4.69) is 0 Å². The molecule has 1 amide bonds. The lowest BCUT2D eigenvalue weighted by Gasteiger charge is -2.30. The smallest absolute Gasteiger partial charge is 0.242 e. The Bertz CT molecular complexity index is 293. The molecule has 1 atom stereocenters. The van der Waals surface area contributed by atoms with E-state index in [1.165, 1.54) is 4.90 Å². The standard InChI is InChI=1S/C11H18N4O/c1-3-11(2,14)10(16)15(8-4-6-12)9-5-7-13/h3-5,8-9,14H2,1-2H3. The molecule has 0 heterocycles. The zero-order valence-electron chi connectivity index (χ0n) is 9.86. The van der Waals surface area contributed by atoms with Crippen LogP contribution in [0.5, 0.6) is 0 Å². The molecule has 0 aliphatic rings. The third kappa shape index (κ3) is 4.29. The average molecular weight is 222 g/mol. The lowest BCUT2D eigenvalue weighted by molar-refractivity contribution is -0.136. The summed E-state index contributed by atoms with van der Waals surface area (Å²) in [5.41, 5.74) is 4.94. The molecule has 5 nitrogen and oxygen atoms in total. The minimum absolute atomic E-state index is 0.194. The molecule has 0 aromatic rings. The van der Waals surface area contributed by atoms with E-state index in [9.17, 15) is 4.79 Å². The Morgan fingerprint density at radius 2 is 1.75 bits per heavy atom. The summed E-state index contributed by atoms with van der Waals surface area (Å²) in [7, 11) is 0. The van der Waals surface area contributed by atoms with Gasteiger partial charge in [0.25, 0.3) is 0 Å². The summed E-state index contributed by atoms with van der Waals surface area (Å²) in [5.74, 6) is -0.194. The molecule has 0 aliphatic carbocycles. The molecule has 0 spiro atoms. The van der Waals surface area contributed by atoms with Crippen LogP contribution in [0.15, 0.2) is 0 Å². The third-order valence-corrected chi connectivity index (χ3v) is 2.50. The molecule has 0 saturated carbocycles. The van der Waals surface area contributed by atoms with Crippen LogP contribution in [0, 0.1) is 22.7 Å². The SMILES string of the molecule is CCC(C)(N)C(=O)N(CCC#N)CCC#N. The van der Waals surface area contributed by atoms with Gasteiger partial charge in [0.15, 0.2) is 0 Å². The molecule has 0 aromatic carbocycles. The second-order valence-electron chi connectivity index (χ2n) is 3.88. The predicted molar refractivity (Wildman–Crippen MR) is 59.9 cm³/mol. The monoisotopic (exact) mass is 222 g/mol. The molecule has 0 saturated heterocycles. The number of nitriles is 2. The van der Waals surface area contributed by atoms with Crippen molar-refractivity contribution in [1.82, 2.24) is 4.90 Å². The first-order valence-electron chi connectivity index (χ1n) is 5.31. The van der Waals surface area contributed by atoms with Crippen molar-refractivity contribution < 1.29 is 4.79 Å². The molecule has 16 heavy (non-hydrogen) atoms. The van der Waals surface area contributed by atoms with Crippen LogP contribution in [0.25, 0.3) is 0 Å². The van der Waals surface area contributed by atoms with Crippen LogP contribution in [0.2, 0.25) is 0 Å². The Kier molecular flexibility index (Phi) is 6.14. The van der Waals surface area contributed by atoms with Crippen LogP contribution in [-0.2, 0) is 4.79 Å². The van der Waals surface area contributed by atoms with Gasteiger partial charge in [0.2, 0.25) is 5.91 Å². The largest absolute Gasteiger partial charge is 0.339 e. The summed E-state index contributed by atoms with van der Waals surface area (Å²) in [6.07, 6.45) is 1.05. The zero-order chi connectivity index (χ0) is 12.6. The minimum atomic E-state index is -0.912. The van der Waals surface area contributed by atoms with Gasteiger partial charge in [-0.05, 0) is 13.3 Å². The molecule has 1 unspecified atom stereocenters. The van der Waals surface area contributed by atoms with Gasteiger partial charge in [-0.25, -0.2) is 0 Å². The highest BCUT2D eigenvalue weighted by Crippen LogP contribution is 2.10. The first-order valence-corrected chi connectivity index (χ1v) is 5.31. The van der Waals surface area contributed by atoms with Crippen LogP contribution in [0.1, 0.15) is 33.1 Å². The number of hydrogen-bond donors (Lipinski definition) is 1. The Morgan fingerprint density at radius 3 is 2.06 bits per heavy atom. The fourth-order valence-corrected chi connectivity index (χ4v) is 1.20. The summed E-state index contributed by atoms with van der Waals surface area (Å²) >= 11 is 0. The summed E-state index contributed by atoms with van der Waals surface area (Å²) < 4.78 is 0.